The van der Waals surface area contributed by atoms with Gasteiger partial charge >= 0.3 is 0 Å². The Morgan fingerprint density at radius 2 is 1.89 bits per heavy atom. The van der Waals surface area contributed by atoms with E-state index in [1.807, 2.05) is 12.1 Å². The van der Waals surface area contributed by atoms with Gasteiger partial charge in [0, 0.05) is 15.2 Å². The first kappa shape index (κ1) is 14.0. The van der Waals surface area contributed by atoms with Gasteiger partial charge in [-0.2, -0.15) is 0 Å². The van der Waals surface area contributed by atoms with Crippen molar-refractivity contribution in [3.8, 4) is 5.75 Å². The van der Waals surface area contributed by atoms with Crippen LogP contribution in [-0.2, 0) is 0 Å². The highest BCUT2D eigenvalue weighted by Gasteiger charge is 2.07. The Morgan fingerprint density at radius 3 is 2.53 bits per heavy atom. The molecule has 2 rings (SSSR count). The fourth-order valence-corrected chi connectivity index (χ4v) is 1.89. The normalized spacial score (nSPS) is 10.3. The van der Waals surface area contributed by atoms with Gasteiger partial charge in [0.25, 0.3) is 0 Å². The zero-order valence-corrected chi connectivity index (χ0v) is 12.5. The fraction of sp³-hybridized carbons (Fsp3) is 0.133. The molecule has 2 aromatic rings. The van der Waals surface area contributed by atoms with Crippen LogP contribution >= 0.6 is 22.6 Å². The van der Waals surface area contributed by atoms with Crippen molar-refractivity contribution >= 4 is 28.4 Å². The number of hydrogen-bond donors (Lipinski definition) is 0. The maximum Gasteiger partial charge on any atom is 0.200 e. The Labute approximate surface area is 124 Å². The van der Waals surface area contributed by atoms with Crippen molar-refractivity contribution in [1.82, 2.24) is 0 Å². The average molecular weight is 370 g/mol. The number of ketones is 1. The molecule has 0 spiro atoms. The highest BCUT2D eigenvalue weighted by atomic mass is 127. The lowest BCUT2D eigenvalue weighted by atomic mass is 10.1. The van der Waals surface area contributed by atoms with Crippen molar-refractivity contribution in [2.24, 2.45) is 0 Å². The number of Topliss-reactive ketones (excluding diaryl/α,β-unsaturated/α-hetero) is 1. The monoisotopic (exact) mass is 370 g/mol. The number of ether oxygens (including phenoxy) is 1. The Morgan fingerprint density at radius 1 is 1.21 bits per heavy atom. The van der Waals surface area contributed by atoms with Crippen LogP contribution in [0.4, 0.5) is 4.39 Å². The standard InChI is InChI=1S/C15H12FIO2/c1-10-2-7-13(8-14(10)16)19-9-15(18)11-3-5-12(17)6-4-11/h2-8H,9H2,1H3. The van der Waals surface area contributed by atoms with E-state index in [1.54, 1.807) is 31.2 Å². The van der Waals surface area contributed by atoms with Gasteiger partial charge < -0.3 is 4.74 Å². The summed E-state index contributed by atoms with van der Waals surface area (Å²) < 4.78 is 19.7. The topological polar surface area (TPSA) is 26.3 Å². The predicted octanol–water partition coefficient (Wildman–Crippen LogP) is 4.00. The molecule has 0 N–H and O–H groups in total. The van der Waals surface area contributed by atoms with Crippen molar-refractivity contribution < 1.29 is 13.9 Å². The lowest BCUT2D eigenvalue weighted by Gasteiger charge is -2.06. The summed E-state index contributed by atoms with van der Waals surface area (Å²) in [5.74, 6) is -0.0986. The van der Waals surface area contributed by atoms with Crippen molar-refractivity contribution in [3.63, 3.8) is 0 Å². The third-order valence-electron chi connectivity index (χ3n) is 2.68. The minimum absolute atomic E-state index is 0.0942. The average Bonchev–Trinajstić information content (AvgIpc) is 2.40. The van der Waals surface area contributed by atoms with E-state index in [0.717, 1.165) is 3.57 Å². The number of hydrogen-bond acceptors (Lipinski definition) is 2. The van der Waals surface area contributed by atoms with Crippen LogP contribution in [0.1, 0.15) is 15.9 Å². The molecule has 4 heteroatoms. The second-order valence-corrected chi connectivity index (χ2v) is 5.38. The van der Waals surface area contributed by atoms with Gasteiger partial charge in [-0.05, 0) is 53.3 Å². The van der Waals surface area contributed by atoms with Gasteiger partial charge in [0.05, 0.1) is 0 Å². The van der Waals surface area contributed by atoms with Crippen molar-refractivity contribution in [2.75, 3.05) is 6.61 Å². The molecule has 0 aliphatic heterocycles. The van der Waals surface area contributed by atoms with Crippen LogP contribution in [0.15, 0.2) is 42.5 Å². The zero-order chi connectivity index (χ0) is 13.8. The molecule has 0 radical (unpaired) electrons. The predicted molar refractivity (Wildman–Crippen MR) is 80.1 cm³/mol. The third-order valence-corrected chi connectivity index (χ3v) is 3.40. The summed E-state index contributed by atoms with van der Waals surface area (Å²) in [4.78, 5) is 11.9. The lowest BCUT2D eigenvalue weighted by molar-refractivity contribution is 0.0921. The second-order valence-electron chi connectivity index (χ2n) is 4.13. The molecule has 0 amide bonds. The zero-order valence-electron chi connectivity index (χ0n) is 10.3. The first-order valence-electron chi connectivity index (χ1n) is 5.74. The van der Waals surface area contributed by atoms with Crippen LogP contribution in [0, 0.1) is 16.3 Å². The fourth-order valence-electron chi connectivity index (χ4n) is 1.53. The largest absolute Gasteiger partial charge is 0.485 e. The maximum absolute atomic E-state index is 13.3. The van der Waals surface area contributed by atoms with Crippen LogP contribution in [-0.4, -0.2) is 12.4 Å². The summed E-state index contributed by atoms with van der Waals surface area (Å²) >= 11 is 2.17. The Balaban J connectivity index is 2.00. The van der Waals surface area contributed by atoms with E-state index in [4.69, 9.17) is 4.74 Å². The molecule has 2 aromatic carbocycles. The Hall–Kier alpha value is -1.43. The van der Waals surface area contributed by atoms with Crippen LogP contribution in [0.5, 0.6) is 5.75 Å². The molecule has 0 unspecified atom stereocenters. The molecular weight excluding hydrogens is 358 g/mol. The minimum atomic E-state index is -0.334. The van der Waals surface area contributed by atoms with E-state index in [-0.39, 0.29) is 18.2 Å². The van der Waals surface area contributed by atoms with E-state index in [9.17, 15) is 9.18 Å². The van der Waals surface area contributed by atoms with Gasteiger partial charge in [0.15, 0.2) is 12.4 Å². The number of halogens is 2. The molecule has 0 saturated carbocycles. The summed E-state index contributed by atoms with van der Waals surface area (Å²) in [6, 6.07) is 11.8. The first-order valence-corrected chi connectivity index (χ1v) is 6.82. The summed E-state index contributed by atoms with van der Waals surface area (Å²) in [5, 5.41) is 0. The van der Waals surface area contributed by atoms with Crippen LogP contribution in [0.2, 0.25) is 0 Å². The second kappa shape index (κ2) is 6.14. The quantitative estimate of drug-likeness (QED) is 0.601. The highest BCUT2D eigenvalue weighted by Crippen LogP contribution is 2.16. The lowest BCUT2D eigenvalue weighted by Crippen LogP contribution is -2.11. The molecule has 0 aliphatic rings. The number of rotatable bonds is 4. The molecule has 0 bridgehead atoms. The van der Waals surface area contributed by atoms with E-state index in [1.165, 1.54) is 6.07 Å². The molecule has 0 saturated heterocycles. The van der Waals surface area contributed by atoms with Crippen LogP contribution < -0.4 is 4.74 Å². The number of carbonyl (C=O) groups is 1. The van der Waals surface area contributed by atoms with Gasteiger partial charge in [0.2, 0.25) is 0 Å². The van der Waals surface area contributed by atoms with Crippen molar-refractivity contribution in [2.45, 2.75) is 6.92 Å². The van der Waals surface area contributed by atoms with Gasteiger partial charge in [0.1, 0.15) is 11.6 Å². The highest BCUT2D eigenvalue weighted by molar-refractivity contribution is 14.1. The SMILES string of the molecule is Cc1ccc(OCC(=O)c2ccc(I)cc2)cc1F. The van der Waals surface area contributed by atoms with Gasteiger partial charge in [-0.25, -0.2) is 4.39 Å². The Bertz CT molecular complexity index is 594. The maximum atomic E-state index is 13.3. The van der Waals surface area contributed by atoms with E-state index in [2.05, 4.69) is 22.6 Å². The summed E-state index contributed by atoms with van der Waals surface area (Å²) in [5.41, 5.74) is 1.14. The molecular formula is C15H12FIO2. The smallest absolute Gasteiger partial charge is 0.200 e. The van der Waals surface area contributed by atoms with Gasteiger partial charge in [-0.1, -0.05) is 18.2 Å². The third kappa shape index (κ3) is 3.76. The van der Waals surface area contributed by atoms with Gasteiger partial charge in [-0.15, -0.1) is 0 Å². The molecule has 0 fully saturated rings. The van der Waals surface area contributed by atoms with Gasteiger partial charge in [-0.3, -0.25) is 4.79 Å². The Kier molecular flexibility index (Phi) is 4.52. The van der Waals surface area contributed by atoms with E-state index in [0.29, 0.717) is 16.9 Å². The summed E-state index contributed by atoms with van der Waals surface area (Å²) in [6.45, 7) is 1.58. The summed E-state index contributed by atoms with van der Waals surface area (Å²) in [7, 11) is 0. The van der Waals surface area contributed by atoms with E-state index >= 15 is 0 Å². The summed E-state index contributed by atoms with van der Waals surface area (Å²) in [6.07, 6.45) is 0. The number of aryl methyl sites for hydroxylation is 1. The van der Waals surface area contributed by atoms with Crippen molar-refractivity contribution in [3.05, 3.63) is 63.0 Å². The number of benzene rings is 2. The molecule has 98 valence electrons. The molecule has 2 nitrogen and oxygen atoms in total. The minimum Gasteiger partial charge on any atom is -0.485 e. The van der Waals surface area contributed by atoms with Crippen LogP contribution in [0.25, 0.3) is 0 Å². The molecule has 0 atom stereocenters. The van der Waals surface area contributed by atoms with E-state index < -0.39 is 0 Å². The molecule has 0 aromatic heterocycles. The molecule has 0 aliphatic carbocycles. The van der Waals surface area contributed by atoms with Crippen LogP contribution in [0.3, 0.4) is 0 Å². The first-order chi connectivity index (χ1) is 9.06. The molecule has 19 heavy (non-hydrogen) atoms. The van der Waals surface area contributed by atoms with Crippen molar-refractivity contribution in [1.29, 1.82) is 0 Å². The number of carbonyl (C=O) groups excluding carboxylic acids is 1. The molecule has 0 heterocycles.